The van der Waals surface area contributed by atoms with E-state index in [1.54, 1.807) is 10.7 Å². The third kappa shape index (κ3) is 1.48. The summed E-state index contributed by atoms with van der Waals surface area (Å²) in [6.07, 6.45) is 1.82. The maximum absolute atomic E-state index is 5.13. The van der Waals surface area contributed by atoms with Gasteiger partial charge >= 0.3 is 0 Å². The number of aromatic nitrogens is 2. The van der Waals surface area contributed by atoms with Gasteiger partial charge in [0, 0.05) is 18.6 Å². The van der Waals surface area contributed by atoms with Crippen molar-refractivity contribution in [3.05, 3.63) is 18.0 Å². The van der Waals surface area contributed by atoms with Crippen LogP contribution >= 0.6 is 11.6 Å². The van der Waals surface area contributed by atoms with Crippen LogP contribution in [-0.4, -0.2) is 9.78 Å². The third-order valence-electron chi connectivity index (χ3n) is 0.889. The minimum Gasteiger partial charge on any atom is -0.275 e. The summed E-state index contributed by atoms with van der Waals surface area (Å²) < 4.78 is 1.68. The van der Waals surface area contributed by atoms with Crippen LogP contribution in [-0.2, 0) is 7.05 Å². The minimum absolute atomic E-state index is 0.701. The normalized spacial score (nSPS) is 8.22. The highest BCUT2D eigenvalue weighted by Gasteiger charge is 1.87. The average Bonchev–Trinajstić information content (AvgIpc) is 2.17. The van der Waals surface area contributed by atoms with Crippen molar-refractivity contribution in [2.75, 3.05) is 0 Å². The number of hydrogen-bond acceptors (Lipinski definition) is 1. The molecular formula is C6H5ClN2. The molecule has 46 valence electrons. The van der Waals surface area contributed by atoms with Crippen molar-refractivity contribution in [1.82, 2.24) is 9.78 Å². The summed E-state index contributed by atoms with van der Waals surface area (Å²) in [7, 11) is 1.83. The van der Waals surface area contributed by atoms with Gasteiger partial charge in [0.25, 0.3) is 0 Å². The SMILES string of the molecule is Cn1ccc(C#CCl)n1. The van der Waals surface area contributed by atoms with Gasteiger partial charge in [-0.3, -0.25) is 4.68 Å². The van der Waals surface area contributed by atoms with Crippen LogP contribution in [0.25, 0.3) is 0 Å². The van der Waals surface area contributed by atoms with E-state index in [2.05, 4.69) is 16.4 Å². The van der Waals surface area contributed by atoms with E-state index in [0.717, 1.165) is 0 Å². The van der Waals surface area contributed by atoms with Gasteiger partial charge in [0.05, 0.1) is 0 Å². The van der Waals surface area contributed by atoms with Gasteiger partial charge in [0.2, 0.25) is 0 Å². The molecule has 0 amide bonds. The third-order valence-corrected chi connectivity index (χ3v) is 0.983. The van der Waals surface area contributed by atoms with Crippen molar-refractivity contribution >= 4 is 11.6 Å². The Morgan fingerprint density at radius 1 is 1.78 bits per heavy atom. The lowest BCUT2D eigenvalue weighted by Crippen LogP contribution is -1.86. The molecule has 0 aliphatic heterocycles. The summed E-state index contributed by atoms with van der Waals surface area (Å²) in [5.74, 6) is 2.61. The summed E-state index contributed by atoms with van der Waals surface area (Å²) in [6.45, 7) is 0. The summed E-state index contributed by atoms with van der Waals surface area (Å²) in [6, 6.07) is 1.80. The first-order valence-electron chi connectivity index (χ1n) is 2.44. The fourth-order valence-corrected chi connectivity index (χ4v) is 0.627. The molecule has 1 heterocycles. The van der Waals surface area contributed by atoms with Crippen LogP contribution in [0.1, 0.15) is 5.69 Å². The molecule has 0 saturated carbocycles. The van der Waals surface area contributed by atoms with E-state index in [-0.39, 0.29) is 0 Å². The van der Waals surface area contributed by atoms with Crippen molar-refractivity contribution in [3.63, 3.8) is 0 Å². The molecule has 0 N–H and O–H groups in total. The van der Waals surface area contributed by atoms with Crippen molar-refractivity contribution in [3.8, 4) is 11.3 Å². The predicted octanol–water partition coefficient (Wildman–Crippen LogP) is 0.968. The highest BCUT2D eigenvalue weighted by molar-refractivity contribution is 6.30. The Bertz CT molecular complexity index is 254. The van der Waals surface area contributed by atoms with Crippen LogP contribution in [0.4, 0.5) is 0 Å². The number of rotatable bonds is 0. The maximum atomic E-state index is 5.13. The molecule has 1 aromatic heterocycles. The van der Waals surface area contributed by atoms with Crippen LogP contribution in [0.5, 0.6) is 0 Å². The molecule has 0 spiro atoms. The zero-order chi connectivity index (χ0) is 6.69. The molecule has 1 rings (SSSR count). The van der Waals surface area contributed by atoms with Crippen LogP contribution in [0, 0.1) is 11.3 Å². The molecule has 1 aromatic rings. The molecule has 0 aliphatic rings. The smallest absolute Gasteiger partial charge is 0.136 e. The summed E-state index contributed by atoms with van der Waals surface area (Å²) in [4.78, 5) is 0. The fraction of sp³-hybridized carbons (Fsp3) is 0.167. The Hall–Kier alpha value is -0.940. The van der Waals surface area contributed by atoms with Crippen LogP contribution in [0.2, 0.25) is 0 Å². The molecular weight excluding hydrogens is 136 g/mol. The first-order chi connectivity index (χ1) is 4.33. The number of aryl methyl sites for hydroxylation is 1. The lowest BCUT2D eigenvalue weighted by molar-refractivity contribution is 0.764. The zero-order valence-electron chi connectivity index (χ0n) is 4.93. The lowest BCUT2D eigenvalue weighted by atomic mass is 10.5. The Morgan fingerprint density at radius 3 is 3.00 bits per heavy atom. The molecule has 0 aliphatic carbocycles. The van der Waals surface area contributed by atoms with Gasteiger partial charge in [-0.25, -0.2) is 0 Å². The molecule has 0 saturated heterocycles. The lowest BCUT2D eigenvalue weighted by Gasteiger charge is -1.79. The fourth-order valence-electron chi connectivity index (χ4n) is 0.530. The summed E-state index contributed by atoms with van der Waals surface area (Å²) >= 11 is 5.13. The molecule has 0 bridgehead atoms. The minimum atomic E-state index is 0.701. The Kier molecular flexibility index (Phi) is 1.76. The first-order valence-corrected chi connectivity index (χ1v) is 2.82. The van der Waals surface area contributed by atoms with E-state index in [0.29, 0.717) is 5.69 Å². The van der Waals surface area contributed by atoms with Crippen LogP contribution < -0.4 is 0 Å². The van der Waals surface area contributed by atoms with E-state index < -0.39 is 0 Å². The highest BCUT2D eigenvalue weighted by Crippen LogP contribution is 1.89. The summed E-state index contributed by atoms with van der Waals surface area (Å²) in [5.41, 5.74) is 0.701. The second-order valence-corrected chi connectivity index (χ2v) is 1.78. The average molecular weight is 141 g/mol. The van der Waals surface area contributed by atoms with E-state index >= 15 is 0 Å². The number of hydrogen-bond donors (Lipinski definition) is 0. The first kappa shape index (κ1) is 6.18. The standard InChI is InChI=1S/C6H5ClN2/c1-9-5-3-6(8-9)2-4-7/h3,5H,1H3. The molecule has 0 radical (unpaired) electrons. The van der Waals surface area contributed by atoms with E-state index in [9.17, 15) is 0 Å². The molecule has 2 nitrogen and oxygen atoms in total. The Balaban J connectivity index is 2.93. The largest absolute Gasteiger partial charge is 0.275 e. The van der Waals surface area contributed by atoms with E-state index in [1.165, 1.54) is 0 Å². The molecule has 0 atom stereocenters. The van der Waals surface area contributed by atoms with Crippen LogP contribution in [0.15, 0.2) is 12.3 Å². The number of halogens is 1. The van der Waals surface area contributed by atoms with Gasteiger partial charge in [-0.05, 0) is 23.6 Å². The number of nitrogens with zero attached hydrogens (tertiary/aromatic N) is 2. The molecule has 0 unspecified atom stereocenters. The molecule has 3 heteroatoms. The van der Waals surface area contributed by atoms with Gasteiger partial charge in [-0.2, -0.15) is 5.10 Å². The second kappa shape index (κ2) is 2.56. The molecule has 0 aromatic carbocycles. The van der Waals surface area contributed by atoms with E-state index in [1.807, 2.05) is 13.2 Å². The van der Waals surface area contributed by atoms with Gasteiger partial charge in [0.1, 0.15) is 5.69 Å². The van der Waals surface area contributed by atoms with Gasteiger partial charge in [-0.15, -0.1) is 0 Å². The van der Waals surface area contributed by atoms with Crippen molar-refractivity contribution in [1.29, 1.82) is 0 Å². The molecule has 9 heavy (non-hydrogen) atoms. The van der Waals surface area contributed by atoms with Crippen molar-refractivity contribution < 1.29 is 0 Å². The quantitative estimate of drug-likeness (QED) is 0.491. The van der Waals surface area contributed by atoms with Crippen molar-refractivity contribution in [2.24, 2.45) is 7.05 Å². The zero-order valence-corrected chi connectivity index (χ0v) is 5.68. The Morgan fingerprint density at radius 2 is 2.56 bits per heavy atom. The van der Waals surface area contributed by atoms with Gasteiger partial charge < -0.3 is 0 Å². The Labute approximate surface area is 58.4 Å². The summed E-state index contributed by atoms with van der Waals surface area (Å²) in [5, 5.41) is 6.20. The van der Waals surface area contributed by atoms with Crippen molar-refractivity contribution in [2.45, 2.75) is 0 Å². The topological polar surface area (TPSA) is 17.8 Å². The maximum Gasteiger partial charge on any atom is 0.136 e. The monoisotopic (exact) mass is 140 g/mol. The predicted molar refractivity (Wildman–Crippen MR) is 35.9 cm³/mol. The second-order valence-electron chi connectivity index (χ2n) is 1.59. The van der Waals surface area contributed by atoms with Crippen LogP contribution in [0.3, 0.4) is 0 Å². The van der Waals surface area contributed by atoms with E-state index in [4.69, 9.17) is 11.6 Å². The molecule has 0 fully saturated rings. The van der Waals surface area contributed by atoms with Gasteiger partial charge in [0.15, 0.2) is 0 Å². The highest BCUT2D eigenvalue weighted by atomic mass is 35.5. The van der Waals surface area contributed by atoms with Gasteiger partial charge in [-0.1, -0.05) is 0 Å².